The second-order valence-electron chi connectivity index (χ2n) is 7.90. The molecule has 0 heterocycles. The maximum atomic E-state index is 12.9. The molecule has 0 saturated heterocycles. The lowest BCUT2D eigenvalue weighted by Gasteiger charge is -2.23. The molecule has 1 aliphatic carbocycles. The second-order valence-corrected chi connectivity index (χ2v) is 7.90. The van der Waals surface area contributed by atoms with E-state index in [9.17, 15) is 4.79 Å². The highest BCUT2D eigenvalue weighted by atomic mass is 16.5. The van der Waals surface area contributed by atoms with Crippen LogP contribution in [-0.2, 0) is 38.8 Å². The fourth-order valence-corrected chi connectivity index (χ4v) is 3.84. The summed E-state index contributed by atoms with van der Waals surface area (Å²) in [6.45, 7) is 1.65. The van der Waals surface area contributed by atoms with Crippen LogP contribution in [0.2, 0.25) is 0 Å². The van der Waals surface area contributed by atoms with Crippen molar-refractivity contribution in [1.82, 2.24) is 0 Å². The van der Waals surface area contributed by atoms with E-state index >= 15 is 0 Å². The summed E-state index contributed by atoms with van der Waals surface area (Å²) in [4.78, 5) is 12.9. The molecule has 0 N–H and O–H groups in total. The standard InChI is InChI=1S/C28H28O4/c29-28(32-20-24-14-8-3-9-15-24)25-16-17-27(31-19-23-12-6-2-7-13-23)26(25)21-30-18-22-10-4-1-5-11-22/h1-16,26-27H,17-21H2/t26-,27-/m0/s1. The van der Waals surface area contributed by atoms with Gasteiger partial charge in [0, 0.05) is 11.5 Å². The van der Waals surface area contributed by atoms with Crippen molar-refractivity contribution < 1.29 is 19.0 Å². The molecular formula is C28H28O4. The topological polar surface area (TPSA) is 44.8 Å². The van der Waals surface area contributed by atoms with Crippen molar-refractivity contribution in [3.63, 3.8) is 0 Å². The number of ether oxygens (including phenoxy) is 3. The quantitative estimate of drug-likeness (QED) is 0.401. The van der Waals surface area contributed by atoms with E-state index in [0.29, 0.717) is 31.8 Å². The lowest BCUT2D eigenvalue weighted by Crippen LogP contribution is -2.28. The highest BCUT2D eigenvalue weighted by molar-refractivity contribution is 5.89. The number of hydrogen-bond donors (Lipinski definition) is 0. The number of hydrogen-bond acceptors (Lipinski definition) is 4. The van der Waals surface area contributed by atoms with Gasteiger partial charge in [0.2, 0.25) is 0 Å². The minimum Gasteiger partial charge on any atom is -0.457 e. The first-order valence-electron chi connectivity index (χ1n) is 11.0. The third kappa shape index (κ3) is 6.16. The molecule has 1 aliphatic rings. The maximum absolute atomic E-state index is 12.9. The van der Waals surface area contributed by atoms with Gasteiger partial charge in [-0.15, -0.1) is 0 Å². The summed E-state index contributed by atoms with van der Waals surface area (Å²) in [5.41, 5.74) is 3.82. The fraction of sp³-hybridized carbons (Fsp3) is 0.250. The van der Waals surface area contributed by atoms with E-state index in [4.69, 9.17) is 14.2 Å². The Balaban J connectivity index is 1.38. The van der Waals surface area contributed by atoms with E-state index < -0.39 is 0 Å². The Kier molecular flexibility index (Phi) is 7.85. The Hall–Kier alpha value is -3.21. The summed E-state index contributed by atoms with van der Waals surface area (Å²) in [5.74, 6) is -0.460. The molecule has 0 saturated carbocycles. The highest BCUT2D eigenvalue weighted by Crippen LogP contribution is 2.31. The Morgan fingerprint density at radius 1 is 0.719 bits per heavy atom. The number of rotatable bonds is 10. The lowest BCUT2D eigenvalue weighted by atomic mass is 10.00. The van der Waals surface area contributed by atoms with Crippen molar-refractivity contribution in [2.75, 3.05) is 6.61 Å². The lowest BCUT2D eigenvalue weighted by molar-refractivity contribution is -0.141. The Morgan fingerprint density at radius 3 is 1.84 bits per heavy atom. The molecule has 0 unspecified atom stereocenters. The van der Waals surface area contributed by atoms with Gasteiger partial charge in [0.05, 0.1) is 25.9 Å². The average molecular weight is 429 g/mol. The molecule has 4 rings (SSSR count). The van der Waals surface area contributed by atoms with Crippen LogP contribution in [-0.4, -0.2) is 18.7 Å². The SMILES string of the molecule is O=C(OCc1ccccc1)C1=CC[C@H](OCc2ccccc2)[C@H]1COCc1ccccc1. The molecule has 0 aromatic heterocycles. The molecule has 0 aliphatic heterocycles. The molecule has 0 bridgehead atoms. The van der Waals surface area contributed by atoms with Crippen LogP contribution in [0.5, 0.6) is 0 Å². The predicted molar refractivity (Wildman–Crippen MR) is 124 cm³/mol. The molecule has 4 nitrogen and oxygen atoms in total. The van der Waals surface area contributed by atoms with E-state index in [1.165, 1.54) is 0 Å². The number of carbonyl (C=O) groups is 1. The van der Waals surface area contributed by atoms with Crippen LogP contribution in [0.25, 0.3) is 0 Å². The molecule has 4 heteroatoms. The average Bonchev–Trinajstić information content (AvgIpc) is 3.26. The van der Waals surface area contributed by atoms with Crippen molar-refractivity contribution in [3.8, 4) is 0 Å². The summed E-state index contributed by atoms with van der Waals surface area (Å²) in [6.07, 6.45) is 2.49. The van der Waals surface area contributed by atoms with Crippen LogP contribution in [0.3, 0.4) is 0 Å². The Labute approximate surface area is 189 Å². The summed E-state index contributed by atoms with van der Waals surface area (Å²) in [7, 11) is 0. The first kappa shape index (κ1) is 22.0. The minimum absolute atomic E-state index is 0.120. The Bertz CT molecular complexity index is 999. The van der Waals surface area contributed by atoms with Gasteiger partial charge >= 0.3 is 5.97 Å². The van der Waals surface area contributed by atoms with E-state index in [-0.39, 0.29) is 24.6 Å². The zero-order chi connectivity index (χ0) is 22.0. The van der Waals surface area contributed by atoms with E-state index in [1.807, 2.05) is 97.1 Å². The van der Waals surface area contributed by atoms with E-state index in [1.54, 1.807) is 0 Å². The molecule has 0 amide bonds. The van der Waals surface area contributed by atoms with Gasteiger partial charge in [0.25, 0.3) is 0 Å². The molecular weight excluding hydrogens is 400 g/mol. The monoisotopic (exact) mass is 428 g/mol. The molecule has 3 aromatic carbocycles. The predicted octanol–water partition coefficient (Wildman–Crippen LogP) is 5.48. The van der Waals surface area contributed by atoms with Crippen LogP contribution in [0.15, 0.2) is 103 Å². The van der Waals surface area contributed by atoms with Crippen LogP contribution < -0.4 is 0 Å². The van der Waals surface area contributed by atoms with Crippen LogP contribution >= 0.6 is 0 Å². The molecule has 2 atom stereocenters. The van der Waals surface area contributed by atoms with Crippen molar-refractivity contribution in [1.29, 1.82) is 0 Å². The molecule has 32 heavy (non-hydrogen) atoms. The highest BCUT2D eigenvalue weighted by Gasteiger charge is 2.35. The van der Waals surface area contributed by atoms with Crippen molar-refractivity contribution >= 4 is 5.97 Å². The number of carbonyl (C=O) groups excluding carboxylic acids is 1. The molecule has 0 spiro atoms. The summed E-state index contributed by atoms with van der Waals surface area (Å²) in [5, 5.41) is 0. The number of esters is 1. The van der Waals surface area contributed by atoms with Gasteiger partial charge < -0.3 is 14.2 Å². The van der Waals surface area contributed by atoms with Gasteiger partial charge in [-0.3, -0.25) is 0 Å². The van der Waals surface area contributed by atoms with Gasteiger partial charge in [-0.2, -0.15) is 0 Å². The van der Waals surface area contributed by atoms with Crippen molar-refractivity contribution in [2.45, 2.75) is 32.3 Å². The molecule has 0 fully saturated rings. The van der Waals surface area contributed by atoms with Crippen molar-refractivity contribution in [3.05, 3.63) is 119 Å². The first-order chi connectivity index (χ1) is 15.8. The Morgan fingerprint density at radius 2 is 1.25 bits per heavy atom. The smallest absolute Gasteiger partial charge is 0.334 e. The van der Waals surface area contributed by atoms with Gasteiger partial charge in [-0.25, -0.2) is 4.79 Å². The third-order valence-corrected chi connectivity index (χ3v) is 5.58. The summed E-state index contributed by atoms with van der Waals surface area (Å²) >= 11 is 0. The van der Waals surface area contributed by atoms with Gasteiger partial charge in [-0.05, 0) is 23.1 Å². The second kappa shape index (κ2) is 11.4. The maximum Gasteiger partial charge on any atom is 0.334 e. The largest absolute Gasteiger partial charge is 0.457 e. The molecule has 0 radical (unpaired) electrons. The van der Waals surface area contributed by atoms with Crippen LogP contribution in [0.4, 0.5) is 0 Å². The van der Waals surface area contributed by atoms with Crippen LogP contribution in [0.1, 0.15) is 23.1 Å². The van der Waals surface area contributed by atoms with E-state index in [0.717, 1.165) is 16.7 Å². The van der Waals surface area contributed by atoms with Gasteiger partial charge in [0.15, 0.2) is 0 Å². The normalized spacial score (nSPS) is 17.7. The first-order valence-corrected chi connectivity index (χ1v) is 11.0. The summed E-state index contributed by atoms with van der Waals surface area (Å²) in [6, 6.07) is 29.8. The fourth-order valence-electron chi connectivity index (χ4n) is 3.84. The molecule has 3 aromatic rings. The minimum atomic E-state index is -0.298. The molecule has 164 valence electrons. The van der Waals surface area contributed by atoms with Gasteiger partial charge in [0.1, 0.15) is 6.61 Å². The zero-order valence-corrected chi connectivity index (χ0v) is 18.1. The van der Waals surface area contributed by atoms with Crippen molar-refractivity contribution in [2.24, 2.45) is 5.92 Å². The zero-order valence-electron chi connectivity index (χ0n) is 18.1. The number of benzene rings is 3. The third-order valence-electron chi connectivity index (χ3n) is 5.58. The van der Waals surface area contributed by atoms with Gasteiger partial charge in [-0.1, -0.05) is 97.1 Å². The summed E-state index contributed by atoms with van der Waals surface area (Å²) < 4.78 is 17.8. The van der Waals surface area contributed by atoms with E-state index in [2.05, 4.69) is 0 Å². The van der Waals surface area contributed by atoms with Crippen LogP contribution in [0, 0.1) is 5.92 Å².